The van der Waals surface area contributed by atoms with Crippen molar-refractivity contribution < 1.29 is 4.39 Å². The summed E-state index contributed by atoms with van der Waals surface area (Å²) in [5, 5.41) is 0. The van der Waals surface area contributed by atoms with Gasteiger partial charge in [-0.25, -0.2) is 4.39 Å². The summed E-state index contributed by atoms with van der Waals surface area (Å²) < 4.78 is 14.6. The summed E-state index contributed by atoms with van der Waals surface area (Å²) in [4.78, 5) is 0. The molecule has 0 aliphatic carbocycles. The van der Waals surface area contributed by atoms with E-state index in [0.29, 0.717) is 0 Å². The van der Waals surface area contributed by atoms with E-state index in [1.165, 1.54) is 56.9 Å². The lowest BCUT2D eigenvalue weighted by molar-refractivity contribution is 0.618. The molecule has 0 nitrogen and oxygen atoms in total. The van der Waals surface area contributed by atoms with Crippen molar-refractivity contribution in [3.8, 4) is 11.1 Å². The molecule has 0 saturated heterocycles. The Morgan fingerprint density at radius 1 is 0.615 bits per heavy atom. The van der Waals surface area contributed by atoms with Gasteiger partial charge in [-0.1, -0.05) is 95.2 Å². The standard InChI is InChI=1S/C25H35F/c1-3-5-7-9-11-13-22-16-19-24(25(26)20-22)23-17-14-21(15-18-23)12-10-8-6-4-2/h14-20H,3-13H2,1-2H3. The Morgan fingerprint density at radius 3 is 1.77 bits per heavy atom. The van der Waals surface area contributed by atoms with Crippen LogP contribution in [0.15, 0.2) is 42.5 Å². The van der Waals surface area contributed by atoms with Crippen molar-refractivity contribution in [3.05, 3.63) is 59.4 Å². The normalized spacial score (nSPS) is 11.0. The van der Waals surface area contributed by atoms with E-state index >= 15 is 0 Å². The van der Waals surface area contributed by atoms with E-state index in [4.69, 9.17) is 0 Å². The summed E-state index contributed by atoms with van der Waals surface area (Å²) in [5.41, 5.74) is 4.18. The van der Waals surface area contributed by atoms with E-state index < -0.39 is 0 Å². The van der Waals surface area contributed by atoms with Crippen LogP contribution < -0.4 is 0 Å². The van der Waals surface area contributed by atoms with Gasteiger partial charge < -0.3 is 0 Å². The quantitative estimate of drug-likeness (QED) is 0.337. The highest BCUT2D eigenvalue weighted by Crippen LogP contribution is 2.25. The van der Waals surface area contributed by atoms with E-state index in [1.807, 2.05) is 6.07 Å². The lowest BCUT2D eigenvalue weighted by Gasteiger charge is -2.08. The van der Waals surface area contributed by atoms with Gasteiger partial charge in [-0.15, -0.1) is 0 Å². The summed E-state index contributed by atoms with van der Waals surface area (Å²) in [7, 11) is 0. The predicted molar refractivity (Wildman–Crippen MR) is 112 cm³/mol. The summed E-state index contributed by atoms with van der Waals surface area (Å²) in [6.45, 7) is 4.47. The van der Waals surface area contributed by atoms with E-state index in [9.17, 15) is 4.39 Å². The number of halogens is 1. The molecular weight excluding hydrogens is 319 g/mol. The van der Waals surface area contributed by atoms with Gasteiger partial charge in [0.15, 0.2) is 0 Å². The fourth-order valence-electron chi connectivity index (χ4n) is 3.49. The Morgan fingerprint density at radius 2 is 1.15 bits per heavy atom. The second-order valence-corrected chi connectivity index (χ2v) is 7.49. The smallest absolute Gasteiger partial charge is 0.131 e. The van der Waals surface area contributed by atoms with Crippen molar-refractivity contribution in [1.82, 2.24) is 0 Å². The molecular formula is C25H35F. The van der Waals surface area contributed by atoms with Crippen molar-refractivity contribution in [2.45, 2.75) is 84.5 Å². The van der Waals surface area contributed by atoms with Gasteiger partial charge in [0.1, 0.15) is 5.82 Å². The first-order valence-electron chi connectivity index (χ1n) is 10.6. The largest absolute Gasteiger partial charge is 0.206 e. The van der Waals surface area contributed by atoms with Crippen LogP contribution >= 0.6 is 0 Å². The molecule has 0 aliphatic rings. The highest BCUT2D eigenvalue weighted by Gasteiger charge is 2.07. The first-order chi connectivity index (χ1) is 12.7. The molecule has 0 spiro atoms. The zero-order valence-corrected chi connectivity index (χ0v) is 16.7. The maximum Gasteiger partial charge on any atom is 0.131 e. The fraction of sp³-hybridized carbons (Fsp3) is 0.520. The first kappa shape index (κ1) is 20.7. The molecule has 0 bridgehead atoms. The van der Waals surface area contributed by atoms with Crippen LogP contribution in [0.25, 0.3) is 11.1 Å². The number of hydrogen-bond donors (Lipinski definition) is 0. The average molecular weight is 355 g/mol. The van der Waals surface area contributed by atoms with Gasteiger partial charge >= 0.3 is 0 Å². The Hall–Kier alpha value is -1.63. The van der Waals surface area contributed by atoms with Gasteiger partial charge in [-0.05, 0) is 48.4 Å². The first-order valence-corrected chi connectivity index (χ1v) is 10.6. The zero-order chi connectivity index (χ0) is 18.6. The molecule has 0 N–H and O–H groups in total. The summed E-state index contributed by atoms with van der Waals surface area (Å²) in [6.07, 6.45) is 13.5. The van der Waals surface area contributed by atoms with Crippen LogP contribution in [0.5, 0.6) is 0 Å². The Labute approximate surface area is 159 Å². The SMILES string of the molecule is CCCCCCCc1ccc(-c2ccc(CCCCCC)cc2)c(F)c1. The second-order valence-electron chi connectivity index (χ2n) is 7.49. The number of unbranched alkanes of at least 4 members (excludes halogenated alkanes) is 7. The maximum absolute atomic E-state index is 14.6. The molecule has 142 valence electrons. The zero-order valence-electron chi connectivity index (χ0n) is 16.7. The Kier molecular flexibility index (Phi) is 9.45. The minimum absolute atomic E-state index is 0.0910. The number of hydrogen-bond acceptors (Lipinski definition) is 0. The highest BCUT2D eigenvalue weighted by molar-refractivity contribution is 5.64. The van der Waals surface area contributed by atoms with E-state index in [-0.39, 0.29) is 5.82 Å². The van der Waals surface area contributed by atoms with Crippen LogP contribution in [0, 0.1) is 5.82 Å². The monoisotopic (exact) mass is 354 g/mol. The van der Waals surface area contributed by atoms with E-state index in [2.05, 4.69) is 44.2 Å². The molecule has 2 rings (SSSR count). The van der Waals surface area contributed by atoms with Crippen LogP contribution in [0.1, 0.15) is 82.8 Å². The Balaban J connectivity index is 1.89. The molecule has 26 heavy (non-hydrogen) atoms. The molecule has 0 aliphatic heterocycles. The van der Waals surface area contributed by atoms with Gasteiger partial charge in [-0.3, -0.25) is 0 Å². The minimum atomic E-state index is -0.0910. The third kappa shape index (κ3) is 6.94. The summed E-state index contributed by atoms with van der Waals surface area (Å²) in [6, 6.07) is 14.2. The molecule has 0 aromatic heterocycles. The van der Waals surface area contributed by atoms with E-state index in [1.54, 1.807) is 6.07 Å². The molecule has 0 atom stereocenters. The van der Waals surface area contributed by atoms with Gasteiger partial charge in [-0.2, -0.15) is 0 Å². The third-order valence-corrected chi connectivity index (χ3v) is 5.19. The summed E-state index contributed by atoms with van der Waals surface area (Å²) in [5.74, 6) is -0.0910. The van der Waals surface area contributed by atoms with Crippen LogP contribution in [-0.4, -0.2) is 0 Å². The number of rotatable bonds is 12. The van der Waals surface area contributed by atoms with Gasteiger partial charge in [0.05, 0.1) is 0 Å². The summed E-state index contributed by atoms with van der Waals surface area (Å²) >= 11 is 0. The molecule has 0 radical (unpaired) electrons. The lowest BCUT2D eigenvalue weighted by Crippen LogP contribution is -1.91. The van der Waals surface area contributed by atoms with E-state index in [0.717, 1.165) is 36.0 Å². The van der Waals surface area contributed by atoms with Crippen LogP contribution in [-0.2, 0) is 12.8 Å². The number of benzene rings is 2. The van der Waals surface area contributed by atoms with Crippen LogP contribution in [0.4, 0.5) is 4.39 Å². The maximum atomic E-state index is 14.6. The minimum Gasteiger partial charge on any atom is -0.206 e. The molecule has 0 fully saturated rings. The molecule has 0 heterocycles. The van der Waals surface area contributed by atoms with Crippen molar-refractivity contribution >= 4 is 0 Å². The molecule has 0 unspecified atom stereocenters. The van der Waals surface area contributed by atoms with Crippen LogP contribution in [0.3, 0.4) is 0 Å². The third-order valence-electron chi connectivity index (χ3n) is 5.19. The average Bonchev–Trinajstić information content (AvgIpc) is 2.66. The van der Waals surface area contributed by atoms with Crippen molar-refractivity contribution in [3.63, 3.8) is 0 Å². The molecule has 1 heteroatoms. The lowest BCUT2D eigenvalue weighted by atomic mass is 9.98. The van der Waals surface area contributed by atoms with Gasteiger partial charge in [0.2, 0.25) is 0 Å². The molecule has 2 aromatic rings. The van der Waals surface area contributed by atoms with Gasteiger partial charge in [0.25, 0.3) is 0 Å². The Bertz CT molecular complexity index is 627. The van der Waals surface area contributed by atoms with Crippen molar-refractivity contribution in [1.29, 1.82) is 0 Å². The number of aryl methyl sites for hydroxylation is 2. The molecule has 0 saturated carbocycles. The topological polar surface area (TPSA) is 0 Å². The molecule has 0 amide bonds. The van der Waals surface area contributed by atoms with Crippen molar-refractivity contribution in [2.24, 2.45) is 0 Å². The fourth-order valence-corrected chi connectivity index (χ4v) is 3.49. The second kappa shape index (κ2) is 11.9. The predicted octanol–water partition coefficient (Wildman–Crippen LogP) is 8.13. The molecule has 2 aromatic carbocycles. The van der Waals surface area contributed by atoms with Gasteiger partial charge in [0, 0.05) is 5.56 Å². The highest BCUT2D eigenvalue weighted by atomic mass is 19.1. The van der Waals surface area contributed by atoms with Crippen molar-refractivity contribution in [2.75, 3.05) is 0 Å². The van der Waals surface area contributed by atoms with Crippen LogP contribution in [0.2, 0.25) is 0 Å².